The molecule has 0 atom stereocenters. The van der Waals surface area contributed by atoms with E-state index in [2.05, 4.69) is 4.72 Å². The van der Waals surface area contributed by atoms with Crippen molar-refractivity contribution in [3.05, 3.63) is 65.2 Å². The van der Waals surface area contributed by atoms with Crippen LogP contribution in [0.2, 0.25) is 0 Å². The van der Waals surface area contributed by atoms with Crippen molar-refractivity contribution in [2.24, 2.45) is 0 Å². The van der Waals surface area contributed by atoms with Crippen LogP contribution < -0.4 is 4.72 Å². The molecule has 1 N–H and O–H groups in total. The van der Waals surface area contributed by atoms with E-state index in [1.807, 2.05) is 24.3 Å². The summed E-state index contributed by atoms with van der Waals surface area (Å²) in [5.41, 5.74) is 0.985. The van der Waals surface area contributed by atoms with Crippen LogP contribution in [0.4, 0.5) is 13.2 Å². The van der Waals surface area contributed by atoms with Gasteiger partial charge in [0.15, 0.2) is 0 Å². The number of hydrogen-bond donors (Lipinski definition) is 1. The highest BCUT2D eigenvalue weighted by Gasteiger charge is 2.36. The van der Waals surface area contributed by atoms with E-state index >= 15 is 0 Å². The highest BCUT2D eigenvalue weighted by Crippen LogP contribution is 2.33. The zero-order valence-corrected chi connectivity index (χ0v) is 15.7. The zero-order chi connectivity index (χ0) is 20.4. The maximum absolute atomic E-state index is 13.0. The van der Waals surface area contributed by atoms with Crippen LogP contribution in [-0.4, -0.2) is 32.3 Å². The van der Waals surface area contributed by atoms with Crippen LogP contribution in [0, 0.1) is 0 Å². The van der Waals surface area contributed by atoms with E-state index in [4.69, 9.17) is 0 Å². The van der Waals surface area contributed by atoms with Crippen LogP contribution in [0.3, 0.4) is 0 Å². The Labute approximate surface area is 161 Å². The number of alkyl halides is 3. The van der Waals surface area contributed by atoms with Crippen molar-refractivity contribution in [1.29, 1.82) is 0 Å². The van der Waals surface area contributed by atoms with E-state index in [0.29, 0.717) is 25.6 Å². The summed E-state index contributed by atoms with van der Waals surface area (Å²) in [5.74, 6) is -0.249. The lowest BCUT2D eigenvalue weighted by molar-refractivity contribution is -0.140. The van der Waals surface area contributed by atoms with Gasteiger partial charge in [-0.05, 0) is 29.7 Å². The first-order valence-corrected chi connectivity index (χ1v) is 10.2. The first kappa shape index (κ1) is 20.3. The lowest BCUT2D eigenvalue weighted by atomic mass is 10.00. The molecule has 2 aromatic carbocycles. The Hall–Kier alpha value is -2.39. The molecule has 0 radical (unpaired) electrons. The van der Waals surface area contributed by atoms with Gasteiger partial charge >= 0.3 is 6.18 Å². The minimum atomic E-state index is -4.79. The molecule has 1 aliphatic rings. The Bertz CT molecular complexity index is 974. The number of sulfonamides is 1. The van der Waals surface area contributed by atoms with Gasteiger partial charge < -0.3 is 4.90 Å². The maximum Gasteiger partial charge on any atom is 0.417 e. The molecule has 5 nitrogen and oxygen atoms in total. The van der Waals surface area contributed by atoms with Crippen LogP contribution >= 0.6 is 0 Å². The molecule has 1 aliphatic heterocycles. The van der Waals surface area contributed by atoms with Crippen LogP contribution in [0.5, 0.6) is 0 Å². The first-order chi connectivity index (χ1) is 13.2. The average molecular weight is 412 g/mol. The van der Waals surface area contributed by atoms with Gasteiger partial charge in [-0.3, -0.25) is 4.79 Å². The summed E-state index contributed by atoms with van der Waals surface area (Å²) in [7, 11) is -4.39. The Balaban J connectivity index is 1.62. The maximum atomic E-state index is 13.0. The van der Waals surface area contributed by atoms with Crippen LogP contribution in [0.25, 0.3) is 0 Å². The van der Waals surface area contributed by atoms with E-state index in [-0.39, 0.29) is 18.9 Å². The average Bonchev–Trinajstić information content (AvgIpc) is 2.66. The van der Waals surface area contributed by atoms with Gasteiger partial charge in [-0.1, -0.05) is 36.4 Å². The standard InChI is InChI=1S/C19H19F3N2O3S/c20-19(21,22)16-7-3-4-8-17(16)28(26,27)23-11-9-18(25)24-12-10-14-5-1-2-6-15(14)13-24/h1-8,23H,9-13H2. The molecule has 3 rings (SSSR count). The van der Waals surface area contributed by atoms with E-state index < -0.39 is 26.7 Å². The zero-order valence-electron chi connectivity index (χ0n) is 14.9. The summed E-state index contributed by atoms with van der Waals surface area (Å²) in [4.78, 5) is 13.1. The molecule has 1 heterocycles. The normalized spacial score (nSPS) is 14.6. The van der Waals surface area contributed by atoms with Crippen molar-refractivity contribution >= 4 is 15.9 Å². The van der Waals surface area contributed by atoms with Gasteiger partial charge in [0, 0.05) is 26.1 Å². The molecular formula is C19H19F3N2O3S. The molecule has 28 heavy (non-hydrogen) atoms. The van der Waals surface area contributed by atoms with Crippen molar-refractivity contribution in [3.63, 3.8) is 0 Å². The molecule has 9 heteroatoms. The second-order valence-corrected chi connectivity index (χ2v) is 8.21. The fourth-order valence-electron chi connectivity index (χ4n) is 3.17. The number of nitrogens with one attached hydrogen (secondary N) is 1. The quantitative estimate of drug-likeness (QED) is 0.821. The largest absolute Gasteiger partial charge is 0.417 e. The van der Waals surface area contributed by atoms with Crippen molar-refractivity contribution < 1.29 is 26.4 Å². The molecule has 0 unspecified atom stereocenters. The van der Waals surface area contributed by atoms with Gasteiger partial charge in [-0.2, -0.15) is 13.2 Å². The summed E-state index contributed by atoms with van der Waals surface area (Å²) in [6.45, 7) is 0.698. The van der Waals surface area contributed by atoms with E-state index in [0.717, 1.165) is 17.7 Å². The van der Waals surface area contributed by atoms with Gasteiger partial charge in [0.2, 0.25) is 15.9 Å². The van der Waals surface area contributed by atoms with Crippen molar-refractivity contribution in [1.82, 2.24) is 9.62 Å². The van der Waals surface area contributed by atoms with Gasteiger partial charge in [-0.25, -0.2) is 13.1 Å². The van der Waals surface area contributed by atoms with E-state index in [9.17, 15) is 26.4 Å². The van der Waals surface area contributed by atoms with Gasteiger partial charge in [0.1, 0.15) is 0 Å². The number of benzene rings is 2. The molecule has 0 saturated carbocycles. The highest BCUT2D eigenvalue weighted by atomic mass is 32.2. The number of hydrogen-bond acceptors (Lipinski definition) is 3. The summed E-state index contributed by atoms with van der Waals surface area (Å²) < 4.78 is 65.8. The molecule has 0 spiro atoms. The molecule has 2 aromatic rings. The molecule has 0 aliphatic carbocycles. The molecule has 0 saturated heterocycles. The number of amides is 1. The second-order valence-electron chi connectivity index (χ2n) is 6.48. The third-order valence-corrected chi connectivity index (χ3v) is 6.12. The number of halogens is 3. The first-order valence-electron chi connectivity index (χ1n) is 8.69. The second kappa shape index (κ2) is 7.92. The number of nitrogens with zero attached hydrogens (tertiary/aromatic N) is 1. The van der Waals surface area contributed by atoms with Crippen molar-refractivity contribution in [2.45, 2.75) is 30.5 Å². The number of rotatable bonds is 5. The van der Waals surface area contributed by atoms with Gasteiger partial charge in [0.25, 0.3) is 0 Å². The smallest absolute Gasteiger partial charge is 0.338 e. The molecule has 1 amide bonds. The number of fused-ring (bicyclic) bond motifs is 1. The number of carbonyl (C=O) groups is 1. The van der Waals surface area contributed by atoms with Gasteiger partial charge in [0.05, 0.1) is 10.5 Å². The summed E-state index contributed by atoms with van der Waals surface area (Å²) in [5, 5.41) is 0. The highest BCUT2D eigenvalue weighted by molar-refractivity contribution is 7.89. The minimum Gasteiger partial charge on any atom is -0.338 e. The summed E-state index contributed by atoms with van der Waals surface area (Å²) in [6.07, 6.45) is -4.20. The van der Waals surface area contributed by atoms with Crippen LogP contribution in [0.15, 0.2) is 53.4 Å². The third-order valence-electron chi connectivity index (χ3n) is 4.60. The summed E-state index contributed by atoms with van der Waals surface area (Å²) in [6, 6.07) is 11.7. The molecule has 0 fully saturated rings. The van der Waals surface area contributed by atoms with E-state index in [1.165, 1.54) is 11.6 Å². The number of carbonyl (C=O) groups excluding carboxylic acids is 1. The van der Waals surface area contributed by atoms with E-state index in [1.54, 1.807) is 4.90 Å². The van der Waals surface area contributed by atoms with Crippen molar-refractivity contribution in [2.75, 3.05) is 13.1 Å². The third kappa shape index (κ3) is 4.53. The van der Waals surface area contributed by atoms with Gasteiger partial charge in [-0.15, -0.1) is 0 Å². The topological polar surface area (TPSA) is 66.5 Å². The fraction of sp³-hybridized carbons (Fsp3) is 0.316. The molecule has 0 bridgehead atoms. The Morgan fingerprint density at radius 1 is 1.04 bits per heavy atom. The molecule has 150 valence electrons. The fourth-order valence-corrected chi connectivity index (χ4v) is 4.43. The Kier molecular flexibility index (Phi) is 5.76. The SMILES string of the molecule is O=C(CCNS(=O)(=O)c1ccccc1C(F)(F)F)N1CCc2ccccc2C1. The lowest BCUT2D eigenvalue weighted by Crippen LogP contribution is -2.38. The lowest BCUT2D eigenvalue weighted by Gasteiger charge is -2.29. The predicted molar refractivity (Wildman–Crippen MR) is 96.8 cm³/mol. The minimum absolute atomic E-state index is 0.129. The summed E-state index contributed by atoms with van der Waals surface area (Å²) >= 11 is 0. The Morgan fingerprint density at radius 3 is 2.39 bits per heavy atom. The van der Waals surface area contributed by atoms with Crippen molar-refractivity contribution in [3.8, 4) is 0 Å². The Morgan fingerprint density at radius 2 is 1.68 bits per heavy atom. The monoisotopic (exact) mass is 412 g/mol. The van der Waals surface area contributed by atoms with Crippen LogP contribution in [0.1, 0.15) is 23.1 Å². The van der Waals surface area contributed by atoms with Crippen LogP contribution in [-0.2, 0) is 34.0 Å². The molecular weight excluding hydrogens is 393 g/mol. The predicted octanol–water partition coefficient (Wildman–Crippen LogP) is 2.96. The molecule has 0 aromatic heterocycles.